The summed E-state index contributed by atoms with van der Waals surface area (Å²) in [5.74, 6) is -4.67. The van der Waals surface area contributed by atoms with Crippen LogP contribution in [0, 0.1) is 11.6 Å². The summed E-state index contributed by atoms with van der Waals surface area (Å²) in [6.07, 6.45) is -3.95. The average molecular weight is 541 g/mol. The van der Waals surface area contributed by atoms with Crippen LogP contribution in [0.5, 0.6) is 11.6 Å². The largest absolute Gasteiger partial charge is 0.434 e. The number of urea groups is 1. The number of hydrogen-bond acceptors (Lipinski definition) is 4. The predicted octanol–water partition coefficient (Wildman–Crippen LogP) is 7.09. The van der Waals surface area contributed by atoms with Gasteiger partial charge in [0.05, 0.1) is 15.6 Å². The maximum absolute atomic E-state index is 13.7. The Morgan fingerprint density at radius 2 is 1.56 bits per heavy atom. The highest BCUT2D eigenvalue weighted by atomic mass is 35.5. The van der Waals surface area contributed by atoms with Crippen LogP contribution < -0.4 is 15.4 Å². The quantitative estimate of drug-likeness (QED) is 0.346. The molecular weight excluding hydrogens is 532 g/mol. The van der Waals surface area contributed by atoms with Crippen molar-refractivity contribution in [2.45, 2.75) is 6.18 Å². The van der Waals surface area contributed by atoms with Crippen molar-refractivity contribution in [3.05, 3.63) is 80.4 Å². The molecule has 0 bridgehead atoms. The second-order valence-electron chi connectivity index (χ2n) is 6.35. The zero-order chi connectivity index (χ0) is 25.2. The molecule has 0 radical (unpaired) electrons. The van der Waals surface area contributed by atoms with E-state index >= 15 is 0 Å². The van der Waals surface area contributed by atoms with Crippen LogP contribution in [0.1, 0.15) is 15.9 Å². The van der Waals surface area contributed by atoms with E-state index in [0.29, 0.717) is 6.07 Å². The van der Waals surface area contributed by atoms with Gasteiger partial charge in [0.1, 0.15) is 22.2 Å². The Bertz CT molecular complexity index is 1240. The van der Waals surface area contributed by atoms with E-state index in [0.717, 1.165) is 36.5 Å². The van der Waals surface area contributed by atoms with Gasteiger partial charge >= 0.3 is 12.2 Å². The molecule has 0 atom stereocenters. The number of rotatable bonds is 4. The number of alkyl halides is 3. The standard InChI is InChI=1S/C20H9Cl3F5N3O3/c21-10-6-8(30-19(33)31-17(32)14-12(24)2-1-3-13(14)25)7-11(22)16(10)34-18-15(23)9(4-5-29-18)20(26,27)28/h1-7H,(H2,30,31,32,33). The molecule has 34 heavy (non-hydrogen) atoms. The summed E-state index contributed by atoms with van der Waals surface area (Å²) in [4.78, 5) is 27.7. The van der Waals surface area contributed by atoms with E-state index in [1.165, 1.54) is 0 Å². The number of benzene rings is 2. The third-order valence-electron chi connectivity index (χ3n) is 4.03. The predicted molar refractivity (Wildman–Crippen MR) is 114 cm³/mol. The van der Waals surface area contributed by atoms with E-state index in [2.05, 4.69) is 10.3 Å². The van der Waals surface area contributed by atoms with E-state index in [-0.39, 0.29) is 21.5 Å². The van der Waals surface area contributed by atoms with Crippen molar-refractivity contribution in [1.82, 2.24) is 10.3 Å². The van der Waals surface area contributed by atoms with Gasteiger partial charge in [0, 0.05) is 11.9 Å². The zero-order valence-electron chi connectivity index (χ0n) is 16.2. The Morgan fingerprint density at radius 1 is 0.971 bits per heavy atom. The van der Waals surface area contributed by atoms with Crippen molar-refractivity contribution in [3.63, 3.8) is 0 Å². The zero-order valence-corrected chi connectivity index (χ0v) is 18.5. The number of nitrogens with one attached hydrogen (secondary N) is 2. The second-order valence-corrected chi connectivity index (χ2v) is 7.54. The first-order valence-corrected chi connectivity index (χ1v) is 9.96. The number of ether oxygens (including phenoxy) is 1. The molecule has 1 aromatic heterocycles. The molecule has 0 aliphatic heterocycles. The van der Waals surface area contributed by atoms with E-state index in [4.69, 9.17) is 39.5 Å². The molecule has 0 aliphatic carbocycles. The van der Waals surface area contributed by atoms with E-state index < -0.39 is 51.8 Å². The highest BCUT2D eigenvalue weighted by Crippen LogP contribution is 2.43. The first kappa shape index (κ1) is 25.5. The lowest BCUT2D eigenvalue weighted by Crippen LogP contribution is -2.35. The molecule has 178 valence electrons. The van der Waals surface area contributed by atoms with Crippen LogP contribution in [0.15, 0.2) is 42.6 Å². The molecule has 3 aromatic rings. The van der Waals surface area contributed by atoms with Crippen molar-refractivity contribution in [2.24, 2.45) is 0 Å². The van der Waals surface area contributed by atoms with Crippen molar-refractivity contribution in [2.75, 3.05) is 5.32 Å². The fourth-order valence-electron chi connectivity index (χ4n) is 2.58. The molecule has 1 heterocycles. The molecule has 3 amide bonds. The average Bonchev–Trinajstić information content (AvgIpc) is 2.70. The lowest BCUT2D eigenvalue weighted by Gasteiger charge is -2.15. The van der Waals surface area contributed by atoms with Crippen molar-refractivity contribution in [3.8, 4) is 11.6 Å². The minimum atomic E-state index is -4.77. The Hall–Kier alpha value is -3.15. The monoisotopic (exact) mass is 539 g/mol. The van der Waals surface area contributed by atoms with Crippen LogP contribution in [0.25, 0.3) is 0 Å². The first-order valence-electron chi connectivity index (χ1n) is 8.83. The third kappa shape index (κ3) is 5.66. The summed E-state index contributed by atoms with van der Waals surface area (Å²) in [6, 6.07) is 4.33. The van der Waals surface area contributed by atoms with Gasteiger partial charge < -0.3 is 10.1 Å². The molecule has 0 unspecified atom stereocenters. The number of aromatic nitrogens is 1. The van der Waals surface area contributed by atoms with Crippen LogP contribution in [0.3, 0.4) is 0 Å². The van der Waals surface area contributed by atoms with Crippen LogP contribution in [-0.2, 0) is 6.18 Å². The molecule has 6 nitrogen and oxygen atoms in total. The number of carbonyl (C=O) groups excluding carboxylic acids is 2. The Balaban J connectivity index is 1.77. The number of hydrogen-bond donors (Lipinski definition) is 2. The number of nitrogens with zero attached hydrogens (tertiary/aromatic N) is 1. The van der Waals surface area contributed by atoms with Gasteiger partial charge in [-0.25, -0.2) is 18.6 Å². The van der Waals surface area contributed by atoms with Gasteiger partial charge in [-0.2, -0.15) is 13.2 Å². The number of amides is 3. The number of imide groups is 1. The molecular formula is C20H9Cl3F5N3O3. The summed E-state index contributed by atoms with van der Waals surface area (Å²) >= 11 is 17.8. The Morgan fingerprint density at radius 3 is 2.12 bits per heavy atom. The summed E-state index contributed by atoms with van der Waals surface area (Å²) in [5, 5.41) is 2.51. The number of halogens is 8. The number of pyridine rings is 1. The minimum Gasteiger partial charge on any atom is -0.434 e. The van der Waals surface area contributed by atoms with E-state index in [1.807, 2.05) is 0 Å². The van der Waals surface area contributed by atoms with Gasteiger partial charge in [-0.15, -0.1) is 0 Å². The van der Waals surface area contributed by atoms with E-state index in [9.17, 15) is 31.5 Å². The van der Waals surface area contributed by atoms with Crippen LogP contribution in [-0.4, -0.2) is 16.9 Å². The topological polar surface area (TPSA) is 80.3 Å². The Kier molecular flexibility index (Phi) is 7.49. The molecule has 3 rings (SSSR count). The van der Waals surface area contributed by atoms with Crippen LogP contribution in [0.2, 0.25) is 15.1 Å². The molecule has 0 spiro atoms. The van der Waals surface area contributed by atoms with Crippen LogP contribution in [0.4, 0.5) is 32.4 Å². The summed E-state index contributed by atoms with van der Waals surface area (Å²) < 4.78 is 71.6. The summed E-state index contributed by atoms with van der Waals surface area (Å²) in [6.45, 7) is 0. The molecule has 0 aliphatic rings. The lowest BCUT2D eigenvalue weighted by atomic mass is 10.2. The van der Waals surface area contributed by atoms with Gasteiger partial charge in [0.15, 0.2) is 5.75 Å². The number of carbonyl (C=O) groups is 2. The van der Waals surface area contributed by atoms with Gasteiger partial charge in [0.2, 0.25) is 5.88 Å². The second kappa shape index (κ2) is 10.00. The van der Waals surface area contributed by atoms with Crippen molar-refractivity contribution >= 4 is 52.4 Å². The summed E-state index contributed by atoms with van der Waals surface area (Å²) in [7, 11) is 0. The summed E-state index contributed by atoms with van der Waals surface area (Å²) in [5.41, 5.74) is -2.26. The third-order valence-corrected chi connectivity index (χ3v) is 4.96. The van der Waals surface area contributed by atoms with Crippen molar-refractivity contribution < 1.29 is 36.3 Å². The molecule has 14 heteroatoms. The van der Waals surface area contributed by atoms with E-state index in [1.54, 1.807) is 5.32 Å². The maximum atomic E-state index is 13.7. The molecule has 0 fully saturated rings. The van der Waals surface area contributed by atoms with Crippen molar-refractivity contribution in [1.29, 1.82) is 0 Å². The molecule has 2 N–H and O–H groups in total. The fourth-order valence-corrected chi connectivity index (χ4v) is 3.41. The fraction of sp³-hybridized carbons (Fsp3) is 0.0500. The molecule has 0 saturated heterocycles. The highest BCUT2D eigenvalue weighted by molar-refractivity contribution is 6.38. The maximum Gasteiger partial charge on any atom is 0.418 e. The van der Waals surface area contributed by atoms with Crippen LogP contribution >= 0.6 is 34.8 Å². The minimum absolute atomic E-state index is 0.0928. The first-order chi connectivity index (χ1) is 15.9. The smallest absolute Gasteiger partial charge is 0.418 e. The Labute approximate surface area is 202 Å². The van der Waals surface area contributed by atoms with Gasteiger partial charge in [-0.05, 0) is 30.3 Å². The SMILES string of the molecule is O=C(NC(=O)c1c(F)cccc1F)Nc1cc(Cl)c(Oc2nccc(C(F)(F)F)c2Cl)c(Cl)c1. The number of anilines is 1. The highest BCUT2D eigenvalue weighted by Gasteiger charge is 2.35. The van der Waals surface area contributed by atoms with Gasteiger partial charge in [-0.1, -0.05) is 40.9 Å². The van der Waals surface area contributed by atoms with Gasteiger partial charge in [0.25, 0.3) is 5.91 Å². The molecule has 0 saturated carbocycles. The lowest BCUT2D eigenvalue weighted by molar-refractivity contribution is -0.137. The normalized spacial score (nSPS) is 11.2. The van der Waals surface area contributed by atoms with Gasteiger partial charge in [-0.3, -0.25) is 10.1 Å². The molecule has 2 aromatic carbocycles.